The van der Waals surface area contributed by atoms with E-state index in [9.17, 15) is 0 Å². The van der Waals surface area contributed by atoms with Gasteiger partial charge in [-0.3, -0.25) is 0 Å². The summed E-state index contributed by atoms with van der Waals surface area (Å²) in [5.74, 6) is 0.673. The Morgan fingerprint density at radius 3 is 3.00 bits per heavy atom. The zero-order valence-electron chi connectivity index (χ0n) is 9.49. The molecule has 1 rings (SSSR count). The summed E-state index contributed by atoms with van der Waals surface area (Å²) in [5.41, 5.74) is 0. The highest BCUT2D eigenvalue weighted by molar-refractivity contribution is 7.11. The van der Waals surface area contributed by atoms with Gasteiger partial charge in [0.2, 0.25) is 0 Å². The monoisotopic (exact) mass is 228 g/mol. The van der Waals surface area contributed by atoms with Crippen molar-refractivity contribution in [1.82, 2.24) is 10.3 Å². The Bertz CT molecular complexity index is 273. The number of nitrogens with one attached hydrogen (secondary N) is 1. The summed E-state index contributed by atoms with van der Waals surface area (Å²) >= 11 is 1.78. The van der Waals surface area contributed by atoms with Crippen molar-refractivity contribution in [3.63, 3.8) is 0 Å². The number of aliphatic hydroxyl groups is 1. The molecule has 0 atom stereocenters. The molecule has 3 nitrogen and oxygen atoms in total. The molecule has 86 valence electrons. The number of hydrogen-bond donors (Lipinski definition) is 2. The van der Waals surface area contributed by atoms with Crippen molar-refractivity contribution in [1.29, 1.82) is 0 Å². The van der Waals surface area contributed by atoms with Gasteiger partial charge in [-0.15, -0.1) is 11.3 Å². The van der Waals surface area contributed by atoms with Gasteiger partial charge in [-0.25, -0.2) is 4.98 Å². The predicted molar refractivity (Wildman–Crippen MR) is 64.1 cm³/mol. The van der Waals surface area contributed by atoms with E-state index in [-0.39, 0.29) is 6.61 Å². The van der Waals surface area contributed by atoms with Crippen LogP contribution >= 0.6 is 11.3 Å². The Hall–Kier alpha value is -0.450. The second-order valence-corrected chi connectivity index (χ2v) is 5.27. The third kappa shape index (κ3) is 5.25. The molecule has 15 heavy (non-hydrogen) atoms. The summed E-state index contributed by atoms with van der Waals surface area (Å²) in [6.45, 7) is 6.42. The van der Waals surface area contributed by atoms with E-state index in [1.54, 1.807) is 11.3 Å². The van der Waals surface area contributed by atoms with Gasteiger partial charge in [0, 0.05) is 30.6 Å². The van der Waals surface area contributed by atoms with Crippen LogP contribution in [-0.2, 0) is 13.0 Å². The van der Waals surface area contributed by atoms with Gasteiger partial charge in [0.1, 0.15) is 0 Å². The second-order valence-electron chi connectivity index (χ2n) is 4.07. The average molecular weight is 228 g/mol. The van der Waals surface area contributed by atoms with Gasteiger partial charge in [-0.2, -0.15) is 0 Å². The predicted octanol–water partition coefficient (Wildman–Crippen LogP) is 1.81. The first-order valence-electron chi connectivity index (χ1n) is 5.47. The van der Waals surface area contributed by atoms with Crippen LogP contribution in [0.1, 0.15) is 30.2 Å². The molecule has 0 saturated carbocycles. The molecule has 0 aliphatic carbocycles. The highest BCUT2D eigenvalue weighted by Crippen LogP contribution is 2.16. The number of hydrogen-bond acceptors (Lipinski definition) is 4. The van der Waals surface area contributed by atoms with Crippen LogP contribution in [0.15, 0.2) is 6.20 Å². The molecule has 1 aromatic rings. The molecule has 4 heteroatoms. The molecule has 0 aromatic carbocycles. The summed E-state index contributed by atoms with van der Waals surface area (Å²) in [4.78, 5) is 5.67. The van der Waals surface area contributed by atoms with E-state index in [0.717, 1.165) is 25.9 Å². The molecular weight excluding hydrogens is 208 g/mol. The lowest BCUT2D eigenvalue weighted by atomic mass is 10.1. The van der Waals surface area contributed by atoms with Crippen LogP contribution in [0.25, 0.3) is 0 Å². The molecule has 0 unspecified atom stereocenters. The molecule has 0 radical (unpaired) electrons. The Balaban J connectivity index is 2.26. The van der Waals surface area contributed by atoms with Gasteiger partial charge in [-0.05, 0) is 18.9 Å². The third-order valence-corrected chi connectivity index (χ3v) is 3.01. The molecule has 0 spiro atoms. The first-order chi connectivity index (χ1) is 7.22. The molecular formula is C11H20N2OS. The van der Waals surface area contributed by atoms with Crippen LogP contribution in [0.2, 0.25) is 0 Å². The number of thiazole rings is 1. The van der Waals surface area contributed by atoms with Crippen molar-refractivity contribution in [3.05, 3.63) is 16.1 Å². The molecule has 0 amide bonds. The zero-order chi connectivity index (χ0) is 11.1. The first kappa shape index (κ1) is 12.6. The van der Waals surface area contributed by atoms with Gasteiger partial charge < -0.3 is 10.4 Å². The van der Waals surface area contributed by atoms with Crippen LogP contribution in [0.5, 0.6) is 0 Å². The lowest BCUT2D eigenvalue weighted by molar-refractivity contribution is 0.286. The van der Waals surface area contributed by atoms with Gasteiger partial charge in [-0.1, -0.05) is 13.8 Å². The average Bonchev–Trinajstić information content (AvgIpc) is 2.59. The lowest BCUT2D eigenvalue weighted by Gasteiger charge is -2.00. The SMILES string of the molecule is CC(C)Cc1ncc(CNCCCO)s1. The van der Waals surface area contributed by atoms with Crippen LogP contribution in [-0.4, -0.2) is 23.2 Å². The molecule has 0 aliphatic heterocycles. The fourth-order valence-corrected chi connectivity index (χ4v) is 2.39. The van der Waals surface area contributed by atoms with E-state index in [0.29, 0.717) is 5.92 Å². The summed E-state index contributed by atoms with van der Waals surface area (Å²) < 4.78 is 0. The van der Waals surface area contributed by atoms with E-state index in [4.69, 9.17) is 5.11 Å². The maximum Gasteiger partial charge on any atom is 0.0930 e. The zero-order valence-corrected chi connectivity index (χ0v) is 10.3. The van der Waals surface area contributed by atoms with Gasteiger partial charge in [0.05, 0.1) is 5.01 Å². The highest BCUT2D eigenvalue weighted by Gasteiger charge is 2.03. The second kappa shape index (κ2) is 6.93. The Labute approximate surface area is 95.6 Å². The summed E-state index contributed by atoms with van der Waals surface area (Å²) in [6, 6.07) is 0. The maximum absolute atomic E-state index is 8.62. The van der Waals surface area contributed by atoms with Crippen LogP contribution in [0.4, 0.5) is 0 Å². The molecule has 0 aliphatic rings. The van der Waals surface area contributed by atoms with E-state index < -0.39 is 0 Å². The van der Waals surface area contributed by atoms with Crippen molar-refractivity contribution in [2.45, 2.75) is 33.2 Å². The summed E-state index contributed by atoms with van der Waals surface area (Å²) in [5, 5.41) is 13.1. The number of aliphatic hydroxyl groups excluding tert-OH is 1. The van der Waals surface area contributed by atoms with E-state index >= 15 is 0 Å². The van der Waals surface area contributed by atoms with Crippen molar-refractivity contribution < 1.29 is 5.11 Å². The minimum Gasteiger partial charge on any atom is -0.396 e. The number of rotatable bonds is 7. The van der Waals surface area contributed by atoms with Crippen LogP contribution in [0, 0.1) is 5.92 Å². The largest absolute Gasteiger partial charge is 0.396 e. The Kier molecular flexibility index (Phi) is 5.83. The molecule has 2 N–H and O–H groups in total. The van der Waals surface area contributed by atoms with Gasteiger partial charge >= 0.3 is 0 Å². The summed E-state index contributed by atoms with van der Waals surface area (Å²) in [6.07, 6.45) is 3.84. The summed E-state index contributed by atoms with van der Waals surface area (Å²) in [7, 11) is 0. The van der Waals surface area contributed by atoms with Crippen molar-refractivity contribution in [2.75, 3.05) is 13.2 Å². The molecule has 0 saturated heterocycles. The van der Waals surface area contributed by atoms with E-state index in [2.05, 4.69) is 24.1 Å². The maximum atomic E-state index is 8.62. The van der Waals surface area contributed by atoms with Crippen molar-refractivity contribution >= 4 is 11.3 Å². The van der Waals surface area contributed by atoms with Gasteiger partial charge in [0.25, 0.3) is 0 Å². The minimum absolute atomic E-state index is 0.258. The molecule has 0 bridgehead atoms. The smallest absolute Gasteiger partial charge is 0.0930 e. The topological polar surface area (TPSA) is 45.2 Å². The number of aromatic nitrogens is 1. The van der Waals surface area contributed by atoms with Crippen LogP contribution in [0.3, 0.4) is 0 Å². The Morgan fingerprint density at radius 1 is 1.53 bits per heavy atom. The third-order valence-electron chi connectivity index (χ3n) is 2.00. The fourth-order valence-electron chi connectivity index (χ4n) is 1.29. The number of nitrogens with zero attached hydrogens (tertiary/aromatic N) is 1. The molecule has 1 heterocycles. The van der Waals surface area contributed by atoms with Gasteiger partial charge in [0.15, 0.2) is 0 Å². The van der Waals surface area contributed by atoms with E-state index in [1.807, 2.05) is 6.20 Å². The molecule has 1 aromatic heterocycles. The standard InChI is InChI=1S/C11H20N2OS/c1-9(2)6-11-13-8-10(15-11)7-12-4-3-5-14/h8-9,12,14H,3-7H2,1-2H3. The normalized spacial score (nSPS) is 11.2. The first-order valence-corrected chi connectivity index (χ1v) is 6.29. The lowest BCUT2D eigenvalue weighted by Crippen LogP contribution is -2.14. The van der Waals surface area contributed by atoms with Crippen molar-refractivity contribution in [3.8, 4) is 0 Å². The highest BCUT2D eigenvalue weighted by atomic mass is 32.1. The van der Waals surface area contributed by atoms with Crippen molar-refractivity contribution in [2.24, 2.45) is 5.92 Å². The fraction of sp³-hybridized carbons (Fsp3) is 0.727. The van der Waals surface area contributed by atoms with E-state index in [1.165, 1.54) is 9.88 Å². The quantitative estimate of drug-likeness (QED) is 0.700. The molecule has 0 fully saturated rings. The minimum atomic E-state index is 0.258. The van der Waals surface area contributed by atoms with Crippen LogP contribution < -0.4 is 5.32 Å². The Morgan fingerprint density at radius 2 is 2.33 bits per heavy atom.